The Kier molecular flexibility index (Phi) is 5.33. The highest BCUT2D eigenvalue weighted by Gasteiger charge is 2.22. The molecule has 0 aromatic heterocycles. The summed E-state index contributed by atoms with van der Waals surface area (Å²) in [6.45, 7) is 6.17. The van der Waals surface area contributed by atoms with E-state index in [4.69, 9.17) is 11.6 Å². The Morgan fingerprint density at radius 3 is 2.42 bits per heavy atom. The number of hydrazine groups is 1. The van der Waals surface area contributed by atoms with Crippen molar-refractivity contribution in [3.63, 3.8) is 0 Å². The Labute approximate surface area is 159 Å². The first kappa shape index (κ1) is 18.1. The number of rotatable bonds is 4. The van der Waals surface area contributed by atoms with Gasteiger partial charge in [0, 0.05) is 5.88 Å². The molecule has 0 fully saturated rings. The molecule has 0 bridgehead atoms. The van der Waals surface area contributed by atoms with E-state index in [0.29, 0.717) is 11.7 Å². The standard InChI is InChI=1S/C21H22ClN3O/c1-14-9-15(2)20(16(3)10-14)25-21(23-13-24-25)19(26)11-18(12-22)17-7-5-4-6-8-17/h4-11,13,26H,12H2,1-3H3,(H,23,24)/b18-11+,21-19-. The van der Waals surface area contributed by atoms with Gasteiger partial charge in [0.25, 0.3) is 0 Å². The molecule has 0 spiro atoms. The van der Waals surface area contributed by atoms with Crippen LogP contribution in [0.5, 0.6) is 0 Å². The Morgan fingerprint density at radius 2 is 1.81 bits per heavy atom. The topological polar surface area (TPSA) is 47.9 Å². The second kappa shape index (κ2) is 7.67. The van der Waals surface area contributed by atoms with Crippen LogP contribution in [-0.4, -0.2) is 17.3 Å². The average molecular weight is 368 g/mol. The average Bonchev–Trinajstić information content (AvgIpc) is 3.08. The van der Waals surface area contributed by atoms with Crippen LogP contribution in [0.2, 0.25) is 0 Å². The molecule has 0 saturated heterocycles. The van der Waals surface area contributed by atoms with Gasteiger partial charge in [-0.05, 0) is 49.1 Å². The Bertz CT molecular complexity index is 878. The molecule has 26 heavy (non-hydrogen) atoms. The first-order chi connectivity index (χ1) is 12.5. The highest BCUT2D eigenvalue weighted by atomic mass is 35.5. The summed E-state index contributed by atoms with van der Waals surface area (Å²) in [6, 6.07) is 14.0. The Hall–Kier alpha value is -2.72. The van der Waals surface area contributed by atoms with Crippen LogP contribution in [0, 0.1) is 20.8 Å². The second-order valence-electron chi connectivity index (χ2n) is 6.35. The number of nitrogens with zero attached hydrogens (tertiary/aromatic N) is 2. The van der Waals surface area contributed by atoms with Gasteiger partial charge in [0.15, 0.2) is 11.6 Å². The molecule has 1 aliphatic heterocycles. The number of aliphatic imine (C=N–C) groups is 1. The molecule has 0 aliphatic carbocycles. The zero-order valence-corrected chi connectivity index (χ0v) is 15.9. The first-order valence-corrected chi connectivity index (χ1v) is 8.96. The quantitative estimate of drug-likeness (QED) is 0.589. The van der Waals surface area contributed by atoms with Crippen molar-refractivity contribution in [3.8, 4) is 0 Å². The van der Waals surface area contributed by atoms with Crippen LogP contribution in [0.4, 0.5) is 5.69 Å². The van der Waals surface area contributed by atoms with Crippen LogP contribution in [0.25, 0.3) is 5.57 Å². The number of benzene rings is 2. The molecule has 0 unspecified atom stereocenters. The summed E-state index contributed by atoms with van der Waals surface area (Å²) in [4.78, 5) is 4.31. The molecule has 0 radical (unpaired) electrons. The third-order valence-electron chi connectivity index (χ3n) is 4.27. The predicted molar refractivity (Wildman–Crippen MR) is 110 cm³/mol. The number of halogens is 1. The number of anilines is 1. The number of aliphatic hydroxyl groups excluding tert-OH is 1. The van der Waals surface area contributed by atoms with E-state index in [1.54, 1.807) is 17.4 Å². The van der Waals surface area contributed by atoms with Crippen molar-refractivity contribution in [3.05, 3.63) is 82.4 Å². The minimum absolute atomic E-state index is 0.0603. The van der Waals surface area contributed by atoms with Crippen LogP contribution in [0.3, 0.4) is 0 Å². The van der Waals surface area contributed by atoms with Gasteiger partial charge in [0.2, 0.25) is 0 Å². The fraction of sp³-hybridized carbons (Fsp3) is 0.190. The van der Waals surface area contributed by atoms with Crippen LogP contribution >= 0.6 is 11.6 Å². The zero-order chi connectivity index (χ0) is 18.7. The van der Waals surface area contributed by atoms with Crippen LogP contribution in [0.15, 0.2) is 65.1 Å². The molecule has 2 aromatic carbocycles. The van der Waals surface area contributed by atoms with Crippen LogP contribution < -0.4 is 10.4 Å². The maximum absolute atomic E-state index is 10.7. The van der Waals surface area contributed by atoms with Gasteiger partial charge in [0.05, 0.1) is 5.69 Å². The summed E-state index contributed by atoms with van der Waals surface area (Å²) < 4.78 is 0. The number of hydrogen-bond donors (Lipinski definition) is 2. The highest BCUT2D eigenvalue weighted by Crippen LogP contribution is 2.31. The van der Waals surface area contributed by atoms with Crippen LogP contribution in [0.1, 0.15) is 22.3 Å². The van der Waals surface area contributed by atoms with Gasteiger partial charge < -0.3 is 5.11 Å². The van der Waals surface area contributed by atoms with E-state index in [1.165, 1.54) is 5.56 Å². The number of aliphatic hydroxyl groups is 1. The smallest absolute Gasteiger partial charge is 0.196 e. The molecule has 0 atom stereocenters. The summed E-state index contributed by atoms with van der Waals surface area (Å²) in [7, 11) is 0. The van der Waals surface area contributed by atoms with Crippen molar-refractivity contribution in [1.82, 2.24) is 5.43 Å². The minimum atomic E-state index is 0.0603. The van der Waals surface area contributed by atoms with Crippen LogP contribution in [-0.2, 0) is 0 Å². The molecular weight excluding hydrogens is 346 g/mol. The lowest BCUT2D eigenvalue weighted by Crippen LogP contribution is -2.32. The molecule has 1 aliphatic rings. The summed E-state index contributed by atoms with van der Waals surface area (Å²) in [5.74, 6) is 0.796. The number of aryl methyl sites for hydroxylation is 3. The third kappa shape index (κ3) is 3.60. The highest BCUT2D eigenvalue weighted by molar-refractivity contribution is 6.23. The summed E-state index contributed by atoms with van der Waals surface area (Å²) in [5, 5.41) is 12.5. The van der Waals surface area contributed by atoms with Crippen molar-refractivity contribution < 1.29 is 5.11 Å². The maximum atomic E-state index is 10.7. The van der Waals surface area contributed by atoms with E-state index in [2.05, 4.69) is 29.5 Å². The van der Waals surface area contributed by atoms with E-state index < -0.39 is 0 Å². The van der Waals surface area contributed by atoms with Crippen molar-refractivity contribution in [2.75, 3.05) is 10.9 Å². The fourth-order valence-electron chi connectivity index (χ4n) is 3.22. The lowest BCUT2D eigenvalue weighted by molar-refractivity contribution is 0.423. The van der Waals surface area contributed by atoms with Gasteiger partial charge in [-0.1, -0.05) is 48.0 Å². The van der Waals surface area contributed by atoms with Crippen molar-refractivity contribution in [2.24, 2.45) is 4.99 Å². The van der Waals surface area contributed by atoms with Gasteiger partial charge in [-0.3, -0.25) is 5.43 Å². The molecule has 1 heterocycles. The van der Waals surface area contributed by atoms with E-state index in [9.17, 15) is 5.11 Å². The van der Waals surface area contributed by atoms with Crippen molar-refractivity contribution in [2.45, 2.75) is 20.8 Å². The molecular formula is C21H22ClN3O. The molecule has 2 aromatic rings. The summed E-state index contributed by atoms with van der Waals surface area (Å²) in [5.41, 5.74) is 9.30. The van der Waals surface area contributed by atoms with Gasteiger partial charge >= 0.3 is 0 Å². The monoisotopic (exact) mass is 367 g/mol. The normalized spacial score (nSPS) is 16.0. The molecule has 0 amide bonds. The fourth-order valence-corrected chi connectivity index (χ4v) is 3.46. The van der Waals surface area contributed by atoms with Crippen molar-refractivity contribution in [1.29, 1.82) is 0 Å². The van der Waals surface area contributed by atoms with Gasteiger partial charge in [0.1, 0.15) is 6.34 Å². The molecule has 134 valence electrons. The Morgan fingerprint density at radius 1 is 1.15 bits per heavy atom. The van der Waals surface area contributed by atoms with E-state index in [1.807, 2.05) is 44.2 Å². The lowest BCUT2D eigenvalue weighted by Gasteiger charge is -2.24. The first-order valence-electron chi connectivity index (χ1n) is 8.43. The number of alkyl halides is 1. The minimum Gasteiger partial charge on any atom is -0.504 e. The number of nitrogens with one attached hydrogen (secondary N) is 1. The van der Waals surface area contributed by atoms with Gasteiger partial charge in [-0.15, -0.1) is 11.6 Å². The molecule has 3 rings (SSSR count). The summed E-state index contributed by atoms with van der Waals surface area (Å²) >= 11 is 6.10. The maximum Gasteiger partial charge on any atom is 0.196 e. The molecule has 5 heteroatoms. The predicted octanol–water partition coefficient (Wildman–Crippen LogP) is 5.01. The largest absolute Gasteiger partial charge is 0.504 e. The van der Waals surface area contributed by atoms with Gasteiger partial charge in [-0.25, -0.2) is 10.0 Å². The number of allylic oxidation sites excluding steroid dienone is 2. The van der Waals surface area contributed by atoms with E-state index >= 15 is 0 Å². The third-order valence-corrected chi connectivity index (χ3v) is 4.56. The second-order valence-corrected chi connectivity index (χ2v) is 6.62. The molecule has 2 N–H and O–H groups in total. The van der Waals surface area contributed by atoms with E-state index in [-0.39, 0.29) is 5.76 Å². The lowest BCUT2D eigenvalue weighted by atomic mass is 10.0. The summed E-state index contributed by atoms with van der Waals surface area (Å²) in [6.07, 6.45) is 3.24. The molecule has 4 nitrogen and oxygen atoms in total. The number of hydrogen-bond acceptors (Lipinski definition) is 4. The van der Waals surface area contributed by atoms with E-state index in [0.717, 1.165) is 28.0 Å². The molecule has 0 saturated carbocycles. The van der Waals surface area contributed by atoms with Gasteiger partial charge in [-0.2, -0.15) is 0 Å². The zero-order valence-electron chi connectivity index (χ0n) is 15.1. The van der Waals surface area contributed by atoms with Crippen molar-refractivity contribution >= 4 is 29.2 Å². The Balaban J connectivity index is 2.03. The SMILES string of the molecule is Cc1cc(C)c(N2NC=N/C2=C(O)\C=C(/CCl)c2ccccc2)c(C)c1.